The SMILES string of the molecule is C=C(C)C(=O)NCCc1cc(S(=O)(=O)O)ccc1C. The van der Waals surface area contributed by atoms with Gasteiger partial charge in [-0.15, -0.1) is 0 Å². The Kier molecular flexibility index (Phi) is 4.85. The van der Waals surface area contributed by atoms with Gasteiger partial charge in [0.15, 0.2) is 0 Å². The number of aryl methyl sites for hydroxylation is 1. The molecule has 0 radical (unpaired) electrons. The van der Waals surface area contributed by atoms with Gasteiger partial charge in [-0.05, 0) is 43.5 Å². The smallest absolute Gasteiger partial charge is 0.294 e. The molecule has 0 unspecified atom stereocenters. The lowest BCUT2D eigenvalue weighted by atomic mass is 10.1. The molecule has 0 spiro atoms. The first kappa shape index (κ1) is 15.4. The van der Waals surface area contributed by atoms with Crippen molar-refractivity contribution in [3.63, 3.8) is 0 Å². The first-order valence-electron chi connectivity index (χ1n) is 5.72. The van der Waals surface area contributed by atoms with Crippen LogP contribution in [0.2, 0.25) is 0 Å². The number of hydrogen-bond donors (Lipinski definition) is 2. The van der Waals surface area contributed by atoms with Gasteiger partial charge in [0.25, 0.3) is 10.1 Å². The molecular weight excluding hydrogens is 266 g/mol. The Morgan fingerprint density at radius 3 is 2.58 bits per heavy atom. The van der Waals surface area contributed by atoms with E-state index in [1.807, 2.05) is 6.92 Å². The predicted molar refractivity (Wildman–Crippen MR) is 72.5 cm³/mol. The van der Waals surface area contributed by atoms with Crippen LogP contribution < -0.4 is 5.32 Å². The summed E-state index contributed by atoms with van der Waals surface area (Å²) in [5, 5.41) is 2.67. The molecule has 0 aliphatic rings. The zero-order valence-electron chi connectivity index (χ0n) is 10.9. The van der Waals surface area contributed by atoms with E-state index in [0.29, 0.717) is 18.5 Å². The van der Waals surface area contributed by atoms with Crippen molar-refractivity contribution in [2.45, 2.75) is 25.2 Å². The molecule has 0 aliphatic carbocycles. The molecule has 5 nitrogen and oxygen atoms in total. The van der Waals surface area contributed by atoms with E-state index in [4.69, 9.17) is 4.55 Å². The monoisotopic (exact) mass is 283 g/mol. The highest BCUT2D eigenvalue weighted by atomic mass is 32.2. The summed E-state index contributed by atoms with van der Waals surface area (Å²) in [5.74, 6) is -0.233. The summed E-state index contributed by atoms with van der Waals surface area (Å²) in [6.45, 7) is 7.34. The second-order valence-electron chi connectivity index (χ2n) is 4.35. The molecule has 0 saturated carbocycles. The summed E-state index contributed by atoms with van der Waals surface area (Å²) < 4.78 is 31.1. The Bertz CT molecular complexity index is 605. The number of rotatable bonds is 5. The first-order chi connectivity index (χ1) is 8.71. The lowest BCUT2D eigenvalue weighted by Gasteiger charge is -2.09. The number of carbonyl (C=O) groups is 1. The van der Waals surface area contributed by atoms with Gasteiger partial charge in [-0.2, -0.15) is 8.42 Å². The van der Waals surface area contributed by atoms with Gasteiger partial charge in [-0.1, -0.05) is 12.6 Å². The quantitative estimate of drug-likeness (QED) is 0.633. The predicted octanol–water partition coefficient (Wildman–Crippen LogP) is 1.48. The molecule has 0 heterocycles. The van der Waals surface area contributed by atoms with E-state index in [-0.39, 0.29) is 10.8 Å². The van der Waals surface area contributed by atoms with E-state index in [1.165, 1.54) is 12.1 Å². The molecule has 0 aromatic heterocycles. The van der Waals surface area contributed by atoms with Gasteiger partial charge in [-0.25, -0.2) is 0 Å². The van der Waals surface area contributed by atoms with Crippen LogP contribution in [0.1, 0.15) is 18.1 Å². The highest BCUT2D eigenvalue weighted by Gasteiger charge is 2.11. The van der Waals surface area contributed by atoms with Crippen molar-refractivity contribution in [2.75, 3.05) is 6.54 Å². The average molecular weight is 283 g/mol. The summed E-state index contributed by atoms with van der Waals surface area (Å²) >= 11 is 0. The van der Waals surface area contributed by atoms with Crippen LogP contribution in [-0.2, 0) is 21.3 Å². The summed E-state index contributed by atoms with van der Waals surface area (Å²) in [6.07, 6.45) is 0.480. The molecule has 104 valence electrons. The molecule has 1 amide bonds. The number of hydrogen-bond acceptors (Lipinski definition) is 3. The van der Waals surface area contributed by atoms with Crippen LogP contribution >= 0.6 is 0 Å². The van der Waals surface area contributed by atoms with Crippen molar-refractivity contribution >= 4 is 16.0 Å². The minimum atomic E-state index is -4.20. The maximum absolute atomic E-state index is 11.3. The second kappa shape index (κ2) is 5.99. The molecular formula is C13H17NO4S. The van der Waals surface area contributed by atoms with Crippen LogP contribution in [0.3, 0.4) is 0 Å². The molecule has 0 bridgehead atoms. The zero-order chi connectivity index (χ0) is 14.6. The second-order valence-corrected chi connectivity index (χ2v) is 5.77. The fourth-order valence-electron chi connectivity index (χ4n) is 1.54. The number of amides is 1. The van der Waals surface area contributed by atoms with Gasteiger partial charge < -0.3 is 5.32 Å². The van der Waals surface area contributed by atoms with Crippen molar-refractivity contribution in [3.8, 4) is 0 Å². The summed E-state index contributed by atoms with van der Waals surface area (Å²) in [7, 11) is -4.20. The maximum Gasteiger partial charge on any atom is 0.294 e. The molecule has 0 aliphatic heterocycles. The summed E-state index contributed by atoms with van der Waals surface area (Å²) in [4.78, 5) is 11.2. The van der Waals surface area contributed by atoms with Crippen LogP contribution in [0, 0.1) is 6.92 Å². The molecule has 1 aromatic carbocycles. The van der Waals surface area contributed by atoms with Gasteiger partial charge >= 0.3 is 0 Å². The van der Waals surface area contributed by atoms with E-state index >= 15 is 0 Å². The van der Waals surface area contributed by atoms with Crippen LogP contribution in [0.25, 0.3) is 0 Å². The first-order valence-corrected chi connectivity index (χ1v) is 7.16. The molecule has 6 heteroatoms. The fraction of sp³-hybridized carbons (Fsp3) is 0.308. The van der Waals surface area contributed by atoms with Crippen molar-refractivity contribution in [1.29, 1.82) is 0 Å². The minimum absolute atomic E-state index is 0.140. The maximum atomic E-state index is 11.3. The van der Waals surface area contributed by atoms with Crippen LogP contribution in [-0.4, -0.2) is 25.4 Å². The van der Waals surface area contributed by atoms with Crippen molar-refractivity contribution < 1.29 is 17.8 Å². The van der Waals surface area contributed by atoms with Crippen molar-refractivity contribution in [3.05, 3.63) is 41.5 Å². The standard InChI is InChI=1S/C13H17NO4S/c1-9(2)13(15)14-7-6-11-8-12(19(16,17)18)5-4-10(11)3/h4-5,8H,1,6-7H2,2-3H3,(H,14,15)(H,16,17,18). The molecule has 0 fully saturated rings. The number of nitrogens with one attached hydrogen (secondary N) is 1. The molecule has 1 rings (SSSR count). The lowest BCUT2D eigenvalue weighted by molar-refractivity contribution is -0.117. The van der Waals surface area contributed by atoms with Gasteiger partial charge in [0.05, 0.1) is 4.90 Å². The van der Waals surface area contributed by atoms with E-state index in [0.717, 1.165) is 11.1 Å². The minimum Gasteiger partial charge on any atom is -0.352 e. The lowest BCUT2D eigenvalue weighted by Crippen LogP contribution is -2.26. The van der Waals surface area contributed by atoms with E-state index < -0.39 is 10.1 Å². The third-order valence-electron chi connectivity index (χ3n) is 2.69. The Morgan fingerprint density at radius 2 is 2.05 bits per heavy atom. The van der Waals surface area contributed by atoms with Crippen molar-refractivity contribution in [1.82, 2.24) is 5.32 Å². The van der Waals surface area contributed by atoms with E-state index in [1.54, 1.807) is 13.0 Å². The Labute approximate surface area is 113 Å². The van der Waals surface area contributed by atoms with Crippen LogP contribution in [0.15, 0.2) is 35.2 Å². The highest BCUT2D eigenvalue weighted by molar-refractivity contribution is 7.85. The fourth-order valence-corrected chi connectivity index (χ4v) is 2.07. The van der Waals surface area contributed by atoms with Crippen molar-refractivity contribution in [2.24, 2.45) is 0 Å². The highest BCUT2D eigenvalue weighted by Crippen LogP contribution is 2.15. The molecule has 2 N–H and O–H groups in total. The molecule has 1 aromatic rings. The van der Waals surface area contributed by atoms with E-state index in [2.05, 4.69) is 11.9 Å². The Hall–Kier alpha value is -1.66. The van der Waals surface area contributed by atoms with Gasteiger partial charge in [0.1, 0.15) is 0 Å². The zero-order valence-corrected chi connectivity index (χ0v) is 11.8. The number of carbonyl (C=O) groups excluding carboxylic acids is 1. The van der Waals surface area contributed by atoms with Gasteiger partial charge in [0.2, 0.25) is 5.91 Å². The van der Waals surface area contributed by atoms with Crippen LogP contribution in [0.5, 0.6) is 0 Å². The summed E-state index contributed by atoms with van der Waals surface area (Å²) in [6, 6.07) is 4.39. The average Bonchev–Trinajstić information content (AvgIpc) is 2.29. The van der Waals surface area contributed by atoms with Gasteiger partial charge in [-0.3, -0.25) is 9.35 Å². The normalized spacial score (nSPS) is 11.1. The molecule has 19 heavy (non-hydrogen) atoms. The topological polar surface area (TPSA) is 83.5 Å². The largest absolute Gasteiger partial charge is 0.352 e. The third kappa shape index (κ3) is 4.50. The van der Waals surface area contributed by atoms with Gasteiger partial charge in [0, 0.05) is 12.1 Å². The molecule has 0 saturated heterocycles. The van der Waals surface area contributed by atoms with Crippen LogP contribution in [0.4, 0.5) is 0 Å². The Morgan fingerprint density at radius 1 is 1.42 bits per heavy atom. The Balaban J connectivity index is 2.79. The van der Waals surface area contributed by atoms with E-state index in [9.17, 15) is 13.2 Å². The summed E-state index contributed by atoms with van der Waals surface area (Å²) in [5.41, 5.74) is 2.08. The number of benzene rings is 1. The third-order valence-corrected chi connectivity index (χ3v) is 3.54. The molecule has 0 atom stereocenters.